The van der Waals surface area contributed by atoms with Gasteiger partial charge in [0.05, 0.1) is 10.6 Å². The summed E-state index contributed by atoms with van der Waals surface area (Å²) < 4.78 is 25.5. The zero-order chi connectivity index (χ0) is 15.4. The predicted octanol–water partition coefficient (Wildman–Crippen LogP) is 2.02. The van der Waals surface area contributed by atoms with Crippen molar-refractivity contribution in [3.8, 4) is 0 Å². The van der Waals surface area contributed by atoms with Gasteiger partial charge in [0.1, 0.15) is 0 Å². The fourth-order valence-corrected chi connectivity index (χ4v) is 5.21. The van der Waals surface area contributed by atoms with Crippen LogP contribution >= 0.6 is 0 Å². The fourth-order valence-electron chi connectivity index (χ4n) is 3.62. The summed E-state index contributed by atoms with van der Waals surface area (Å²) in [6, 6.07) is 9.03. The molecule has 1 aromatic rings. The second-order valence-electron chi connectivity index (χ2n) is 6.50. The lowest BCUT2D eigenvalue weighted by atomic mass is 10.2. The molecule has 0 amide bonds. The molecule has 0 aliphatic carbocycles. The van der Waals surface area contributed by atoms with E-state index < -0.39 is 9.84 Å². The van der Waals surface area contributed by atoms with Crippen molar-refractivity contribution in [2.45, 2.75) is 36.6 Å². The molecule has 0 aromatic heterocycles. The number of rotatable bonds is 6. The van der Waals surface area contributed by atoms with Crippen molar-refractivity contribution < 1.29 is 8.42 Å². The smallest absolute Gasteiger partial charge is 0.179 e. The first kappa shape index (κ1) is 16.0. The minimum atomic E-state index is -3.21. The summed E-state index contributed by atoms with van der Waals surface area (Å²) >= 11 is 0. The molecular weight excluding hydrogens is 296 g/mol. The van der Waals surface area contributed by atoms with Crippen LogP contribution < -0.4 is 0 Å². The van der Waals surface area contributed by atoms with Gasteiger partial charge in [-0.05, 0) is 64.0 Å². The zero-order valence-electron chi connectivity index (χ0n) is 13.2. The maximum Gasteiger partial charge on any atom is 0.179 e. The summed E-state index contributed by atoms with van der Waals surface area (Å²) in [5, 5.41) is 0. The van der Waals surface area contributed by atoms with Gasteiger partial charge in [-0.2, -0.15) is 0 Å². The predicted molar refractivity (Wildman–Crippen MR) is 88.8 cm³/mol. The van der Waals surface area contributed by atoms with Crippen molar-refractivity contribution in [3.05, 3.63) is 30.3 Å². The molecule has 122 valence electrons. The summed E-state index contributed by atoms with van der Waals surface area (Å²) in [6.45, 7) is 5.23. The van der Waals surface area contributed by atoms with Crippen LogP contribution in [0.3, 0.4) is 0 Å². The Morgan fingerprint density at radius 2 is 1.50 bits per heavy atom. The lowest BCUT2D eigenvalue weighted by Gasteiger charge is -2.31. The third-order valence-electron chi connectivity index (χ3n) is 4.84. The molecule has 22 heavy (non-hydrogen) atoms. The Morgan fingerprint density at radius 3 is 2.14 bits per heavy atom. The topological polar surface area (TPSA) is 40.6 Å². The summed E-state index contributed by atoms with van der Waals surface area (Å²) in [7, 11) is -3.21. The Kier molecular flexibility index (Phi) is 5.16. The lowest BCUT2D eigenvalue weighted by molar-refractivity contribution is 0.193. The largest absolute Gasteiger partial charge is 0.302 e. The van der Waals surface area contributed by atoms with Crippen LogP contribution in [-0.2, 0) is 9.84 Å². The van der Waals surface area contributed by atoms with Gasteiger partial charge in [0.2, 0.25) is 0 Å². The van der Waals surface area contributed by atoms with Gasteiger partial charge in [-0.3, -0.25) is 4.90 Å². The Labute approximate surface area is 134 Å². The molecule has 2 saturated heterocycles. The van der Waals surface area contributed by atoms with Crippen molar-refractivity contribution in [1.29, 1.82) is 0 Å². The highest BCUT2D eigenvalue weighted by molar-refractivity contribution is 7.91. The summed E-state index contributed by atoms with van der Waals surface area (Å²) in [5.41, 5.74) is 0. The third-order valence-corrected chi connectivity index (χ3v) is 6.65. The molecule has 4 nitrogen and oxygen atoms in total. The summed E-state index contributed by atoms with van der Waals surface area (Å²) in [4.78, 5) is 5.28. The Bertz CT molecular complexity index is 562. The van der Waals surface area contributed by atoms with Gasteiger partial charge in [-0.1, -0.05) is 18.2 Å². The van der Waals surface area contributed by atoms with Crippen LogP contribution in [0.1, 0.15) is 25.7 Å². The van der Waals surface area contributed by atoms with Gasteiger partial charge in [0, 0.05) is 12.6 Å². The molecule has 2 aliphatic rings. The number of benzene rings is 1. The zero-order valence-corrected chi connectivity index (χ0v) is 14.0. The maximum atomic E-state index is 12.7. The number of hydrogen-bond donors (Lipinski definition) is 0. The summed E-state index contributed by atoms with van der Waals surface area (Å²) in [6.07, 6.45) is 4.89. The second-order valence-corrected chi connectivity index (χ2v) is 8.53. The Balaban J connectivity index is 1.73. The van der Waals surface area contributed by atoms with Crippen molar-refractivity contribution in [1.82, 2.24) is 9.80 Å². The van der Waals surface area contributed by atoms with E-state index in [2.05, 4.69) is 9.80 Å². The average Bonchev–Trinajstić information content (AvgIpc) is 3.21. The minimum absolute atomic E-state index is 0.130. The highest BCUT2D eigenvalue weighted by Crippen LogP contribution is 2.20. The third kappa shape index (κ3) is 3.89. The molecule has 0 radical (unpaired) electrons. The normalized spacial score (nSPS) is 22.2. The van der Waals surface area contributed by atoms with Crippen LogP contribution in [0.2, 0.25) is 0 Å². The first-order chi connectivity index (χ1) is 10.6. The average molecular weight is 322 g/mol. The van der Waals surface area contributed by atoms with Crippen LogP contribution in [0.4, 0.5) is 0 Å². The van der Waals surface area contributed by atoms with Gasteiger partial charge in [-0.15, -0.1) is 0 Å². The van der Waals surface area contributed by atoms with Gasteiger partial charge in [-0.25, -0.2) is 8.42 Å². The number of hydrogen-bond acceptors (Lipinski definition) is 4. The molecular formula is C17H26N2O2S. The molecule has 3 rings (SSSR count). The molecule has 0 N–H and O–H groups in total. The van der Waals surface area contributed by atoms with Gasteiger partial charge in [0.15, 0.2) is 9.84 Å². The lowest BCUT2D eigenvalue weighted by Crippen LogP contribution is -2.46. The van der Waals surface area contributed by atoms with Crippen LogP contribution in [-0.4, -0.2) is 62.7 Å². The van der Waals surface area contributed by atoms with Crippen molar-refractivity contribution in [2.75, 3.05) is 38.5 Å². The second kappa shape index (κ2) is 7.11. The highest BCUT2D eigenvalue weighted by Gasteiger charge is 2.30. The molecule has 1 atom stereocenters. The van der Waals surface area contributed by atoms with Crippen LogP contribution in [0.25, 0.3) is 0 Å². The van der Waals surface area contributed by atoms with Crippen molar-refractivity contribution in [2.24, 2.45) is 0 Å². The monoisotopic (exact) mass is 322 g/mol. The molecule has 5 heteroatoms. The van der Waals surface area contributed by atoms with E-state index in [4.69, 9.17) is 0 Å². The Hall–Kier alpha value is -0.910. The molecule has 2 fully saturated rings. The standard InChI is InChI=1S/C17H26N2O2S/c20-22(21,17-8-2-1-3-9-17)15-16(19-12-6-7-13-19)14-18-10-4-5-11-18/h1-3,8-9,16H,4-7,10-15H2/t16-/m0/s1. The molecule has 1 aromatic carbocycles. The highest BCUT2D eigenvalue weighted by atomic mass is 32.2. The number of nitrogens with zero attached hydrogens (tertiary/aromatic N) is 2. The maximum absolute atomic E-state index is 12.7. The first-order valence-corrected chi connectivity index (χ1v) is 10.0. The van der Waals surface area contributed by atoms with E-state index in [0.717, 1.165) is 32.7 Å². The molecule has 0 spiro atoms. The van der Waals surface area contributed by atoms with E-state index in [0.29, 0.717) is 4.90 Å². The van der Waals surface area contributed by atoms with E-state index in [9.17, 15) is 8.42 Å². The Morgan fingerprint density at radius 1 is 0.909 bits per heavy atom. The first-order valence-electron chi connectivity index (χ1n) is 8.39. The molecule has 2 heterocycles. The van der Waals surface area contributed by atoms with Crippen LogP contribution in [0.15, 0.2) is 35.2 Å². The van der Waals surface area contributed by atoms with Gasteiger partial charge in [0.25, 0.3) is 0 Å². The van der Waals surface area contributed by atoms with Gasteiger partial charge < -0.3 is 4.90 Å². The number of sulfone groups is 1. The van der Waals surface area contributed by atoms with Gasteiger partial charge >= 0.3 is 0 Å². The van der Waals surface area contributed by atoms with E-state index in [1.807, 2.05) is 6.07 Å². The van der Waals surface area contributed by atoms with E-state index in [1.54, 1.807) is 24.3 Å². The van der Waals surface area contributed by atoms with Crippen LogP contribution in [0, 0.1) is 0 Å². The van der Waals surface area contributed by atoms with E-state index >= 15 is 0 Å². The van der Waals surface area contributed by atoms with Crippen LogP contribution in [0.5, 0.6) is 0 Å². The van der Waals surface area contributed by atoms with Crippen molar-refractivity contribution in [3.63, 3.8) is 0 Å². The number of likely N-dealkylation sites (tertiary alicyclic amines) is 2. The molecule has 0 bridgehead atoms. The van der Waals surface area contributed by atoms with Crippen molar-refractivity contribution >= 4 is 9.84 Å². The molecule has 0 unspecified atom stereocenters. The fraction of sp³-hybridized carbons (Fsp3) is 0.647. The quantitative estimate of drug-likeness (QED) is 0.803. The van der Waals surface area contributed by atoms with E-state index in [-0.39, 0.29) is 11.8 Å². The minimum Gasteiger partial charge on any atom is -0.302 e. The molecule has 0 saturated carbocycles. The van der Waals surface area contributed by atoms with E-state index in [1.165, 1.54) is 25.7 Å². The SMILES string of the molecule is O=S(=O)(C[C@H](CN1CCCC1)N1CCCC1)c1ccccc1. The summed E-state index contributed by atoms with van der Waals surface area (Å²) in [5.74, 6) is 0.244. The molecule has 2 aliphatic heterocycles.